The van der Waals surface area contributed by atoms with E-state index < -0.39 is 5.60 Å². The first-order chi connectivity index (χ1) is 12.1. The summed E-state index contributed by atoms with van der Waals surface area (Å²) < 4.78 is 0. The average Bonchev–Trinajstić information content (AvgIpc) is 3.20. The van der Waals surface area contributed by atoms with Crippen LogP contribution >= 0.6 is 0 Å². The first kappa shape index (κ1) is 15.4. The summed E-state index contributed by atoms with van der Waals surface area (Å²) in [5, 5.41) is 26.5. The van der Waals surface area contributed by atoms with Gasteiger partial charge in [0.25, 0.3) is 0 Å². The molecule has 4 bridgehead atoms. The van der Waals surface area contributed by atoms with Crippen LogP contribution in [0.2, 0.25) is 0 Å². The average molecular weight is 337 g/mol. The smallest absolute Gasteiger partial charge is 0.329 e. The Morgan fingerprint density at radius 3 is 3.08 bits per heavy atom. The van der Waals surface area contributed by atoms with Crippen LogP contribution < -0.4 is 10.9 Å². The van der Waals surface area contributed by atoms with Crippen LogP contribution in [0.25, 0.3) is 11.0 Å². The van der Waals surface area contributed by atoms with Crippen molar-refractivity contribution in [1.29, 1.82) is 0 Å². The number of fused-ring (bicyclic) bond motifs is 1. The van der Waals surface area contributed by atoms with Crippen molar-refractivity contribution in [3.63, 3.8) is 0 Å². The van der Waals surface area contributed by atoms with E-state index in [-0.39, 0.29) is 11.8 Å². The van der Waals surface area contributed by atoms with Gasteiger partial charge >= 0.3 is 7.48 Å². The molecule has 4 aliphatic carbocycles. The molecule has 2 aromatic rings. The van der Waals surface area contributed by atoms with Crippen molar-refractivity contribution in [3.8, 4) is 0 Å². The Bertz CT molecular complexity index is 866. The molecule has 4 aliphatic rings. The van der Waals surface area contributed by atoms with Gasteiger partial charge in [-0.1, -0.05) is 0 Å². The molecule has 0 saturated heterocycles. The van der Waals surface area contributed by atoms with Crippen molar-refractivity contribution in [1.82, 2.24) is 15.4 Å². The van der Waals surface area contributed by atoms with E-state index in [1.54, 1.807) is 13.2 Å². The van der Waals surface area contributed by atoms with Crippen molar-refractivity contribution in [2.24, 2.45) is 28.8 Å². The molecule has 2 heterocycles. The highest BCUT2D eigenvalue weighted by molar-refractivity contribution is 6.49. The molecule has 4 N–H and O–H groups in total. The topological polar surface area (TPSA) is 93.5 Å². The Labute approximate surface area is 147 Å². The molecule has 1 radical (unpaired) electrons. The number of aromatic nitrogens is 2. The van der Waals surface area contributed by atoms with Crippen LogP contribution in [0.4, 0.5) is 0 Å². The van der Waals surface area contributed by atoms with E-state index in [1.165, 1.54) is 6.42 Å². The number of nitrogens with one attached hydrogen (secondary N) is 2. The summed E-state index contributed by atoms with van der Waals surface area (Å²) in [6.45, 7) is 0. The van der Waals surface area contributed by atoms with Gasteiger partial charge in [-0.3, -0.25) is 0 Å². The molecule has 6 rings (SSSR count). The summed E-state index contributed by atoms with van der Waals surface area (Å²) in [4.78, 5) is 7.52. The van der Waals surface area contributed by atoms with Gasteiger partial charge in [0, 0.05) is 36.3 Å². The Kier molecular flexibility index (Phi) is 3.28. The molecule has 4 fully saturated rings. The number of aromatic amines is 1. The quantitative estimate of drug-likeness (QED) is 0.372. The van der Waals surface area contributed by atoms with Crippen molar-refractivity contribution >= 4 is 29.7 Å². The molecule has 7 heteroatoms. The Morgan fingerprint density at radius 1 is 1.44 bits per heavy atom. The van der Waals surface area contributed by atoms with Crippen molar-refractivity contribution < 1.29 is 10.1 Å². The number of H-pyrrole nitrogens is 1. The second kappa shape index (κ2) is 5.32. The van der Waals surface area contributed by atoms with Gasteiger partial charge < -0.3 is 20.5 Å². The molecule has 25 heavy (non-hydrogen) atoms. The van der Waals surface area contributed by atoms with E-state index >= 15 is 0 Å². The number of nitrogens with zero attached hydrogens (tertiary/aromatic N) is 2. The molecule has 4 saturated carbocycles. The molecular formula is C18H22BN4O2. The SMILES string of the molecule is CN/N=C(\c1c([B]O)cnc2[nH]ccc12)C1C2CC3CC1C(O)(C3)C2. The number of pyridine rings is 1. The predicted octanol–water partition coefficient (Wildman–Crippen LogP) is 0.520. The summed E-state index contributed by atoms with van der Waals surface area (Å²) in [5.74, 6) is 1.60. The van der Waals surface area contributed by atoms with Crippen LogP contribution in [0.15, 0.2) is 23.6 Å². The third-order valence-electron chi connectivity index (χ3n) is 6.67. The zero-order valence-electron chi connectivity index (χ0n) is 14.2. The van der Waals surface area contributed by atoms with Crippen LogP contribution in [0, 0.1) is 23.7 Å². The molecule has 6 nitrogen and oxygen atoms in total. The minimum Gasteiger partial charge on any atom is -0.450 e. The normalized spacial score (nSPS) is 36.4. The van der Waals surface area contributed by atoms with E-state index in [1.807, 2.05) is 12.3 Å². The second-order valence-corrected chi connectivity index (χ2v) is 7.92. The van der Waals surface area contributed by atoms with Gasteiger partial charge in [0.2, 0.25) is 0 Å². The van der Waals surface area contributed by atoms with Crippen LogP contribution in [0.3, 0.4) is 0 Å². The van der Waals surface area contributed by atoms with E-state index in [0.29, 0.717) is 17.3 Å². The van der Waals surface area contributed by atoms with Gasteiger partial charge in [0.1, 0.15) is 5.65 Å². The maximum absolute atomic E-state index is 11.1. The van der Waals surface area contributed by atoms with Crippen LogP contribution in [-0.4, -0.2) is 45.9 Å². The molecule has 0 aromatic carbocycles. The number of rotatable bonds is 4. The van der Waals surface area contributed by atoms with Crippen LogP contribution in [0.1, 0.15) is 31.2 Å². The lowest BCUT2D eigenvalue weighted by molar-refractivity contribution is 0.00919. The van der Waals surface area contributed by atoms with E-state index in [4.69, 9.17) is 0 Å². The van der Waals surface area contributed by atoms with Crippen molar-refractivity contribution in [2.75, 3.05) is 7.05 Å². The standard InChI is InChI=1S/C18H22BN4O2/c1-20-23-16(14-10-4-9-5-12(14)18(24,6-9)7-10)15-11-2-3-21-17(11)22-8-13(15)19-25/h2-3,8-10,12,14,20,24-25H,4-7H2,1H3,(H,21,22)/b23-16-. The summed E-state index contributed by atoms with van der Waals surface area (Å²) >= 11 is 0. The monoisotopic (exact) mass is 337 g/mol. The van der Waals surface area contributed by atoms with Gasteiger partial charge in [0.05, 0.1) is 11.3 Å². The summed E-state index contributed by atoms with van der Waals surface area (Å²) in [5.41, 5.74) is 5.76. The summed E-state index contributed by atoms with van der Waals surface area (Å²) in [6.07, 6.45) is 7.61. The minimum atomic E-state index is -0.528. The number of hydrazone groups is 1. The maximum atomic E-state index is 11.1. The summed E-state index contributed by atoms with van der Waals surface area (Å²) in [7, 11) is 2.91. The van der Waals surface area contributed by atoms with Crippen molar-refractivity contribution in [3.05, 3.63) is 24.0 Å². The van der Waals surface area contributed by atoms with E-state index in [2.05, 4.69) is 20.5 Å². The van der Waals surface area contributed by atoms with Gasteiger partial charge in [-0.05, 0) is 55.0 Å². The molecule has 5 atom stereocenters. The Morgan fingerprint density at radius 2 is 2.32 bits per heavy atom. The van der Waals surface area contributed by atoms with Crippen LogP contribution in [-0.2, 0) is 0 Å². The number of aliphatic hydroxyl groups is 1. The fourth-order valence-corrected chi connectivity index (χ4v) is 6.01. The molecule has 5 unspecified atom stereocenters. The molecular weight excluding hydrogens is 315 g/mol. The predicted molar refractivity (Wildman–Crippen MR) is 96.7 cm³/mol. The van der Waals surface area contributed by atoms with Gasteiger partial charge in [-0.15, -0.1) is 0 Å². The third kappa shape index (κ3) is 2.05. The zero-order chi connectivity index (χ0) is 17.2. The largest absolute Gasteiger partial charge is 0.450 e. The third-order valence-corrected chi connectivity index (χ3v) is 6.67. The lowest BCUT2D eigenvalue weighted by Crippen LogP contribution is -2.37. The van der Waals surface area contributed by atoms with E-state index in [9.17, 15) is 10.1 Å². The van der Waals surface area contributed by atoms with E-state index in [0.717, 1.165) is 49.1 Å². The minimum absolute atomic E-state index is 0.218. The van der Waals surface area contributed by atoms with Crippen molar-refractivity contribution in [2.45, 2.75) is 31.3 Å². The Hall–Kier alpha value is -1.86. The highest BCUT2D eigenvalue weighted by Gasteiger charge is 2.63. The first-order valence-electron chi connectivity index (χ1n) is 9.05. The fraction of sp³-hybridized carbons (Fsp3) is 0.556. The maximum Gasteiger partial charge on any atom is 0.329 e. The molecule has 2 aromatic heterocycles. The molecule has 0 spiro atoms. The Balaban J connectivity index is 1.69. The van der Waals surface area contributed by atoms with Gasteiger partial charge in [-0.2, -0.15) is 5.10 Å². The lowest BCUT2D eigenvalue weighted by atomic mass is 9.70. The van der Waals surface area contributed by atoms with Gasteiger partial charge in [-0.25, -0.2) is 4.98 Å². The fourth-order valence-electron chi connectivity index (χ4n) is 6.01. The second-order valence-electron chi connectivity index (χ2n) is 7.92. The van der Waals surface area contributed by atoms with Crippen LogP contribution in [0.5, 0.6) is 0 Å². The zero-order valence-corrected chi connectivity index (χ0v) is 14.2. The molecule has 0 aliphatic heterocycles. The highest BCUT2D eigenvalue weighted by atomic mass is 16.3. The first-order valence-corrected chi connectivity index (χ1v) is 9.05. The number of hydrogen-bond donors (Lipinski definition) is 4. The molecule has 0 amide bonds. The summed E-state index contributed by atoms with van der Waals surface area (Å²) in [6, 6.07) is 1.98. The number of hydrogen-bond acceptors (Lipinski definition) is 5. The lowest BCUT2D eigenvalue weighted by Gasteiger charge is -2.33. The molecule has 129 valence electrons. The highest BCUT2D eigenvalue weighted by Crippen LogP contribution is 2.63. The van der Waals surface area contributed by atoms with Gasteiger partial charge in [0.15, 0.2) is 0 Å².